The molecule has 1 aromatic heterocycles. The fourth-order valence-corrected chi connectivity index (χ4v) is 2.97. The van der Waals surface area contributed by atoms with Crippen LogP contribution in [0.5, 0.6) is 0 Å². The zero-order valence-electron chi connectivity index (χ0n) is 9.32. The molecule has 1 amide bonds. The van der Waals surface area contributed by atoms with Gasteiger partial charge in [-0.3, -0.25) is 4.79 Å². The van der Waals surface area contributed by atoms with Crippen molar-refractivity contribution in [3.05, 3.63) is 23.4 Å². The standard InChI is InChI=1S/C12H14ClN3O/c13-7-3-4-14-11(5-7)16-12(17)9-6-8-1-2-10(9)15-8/h3-5,8-10,15H,1-2,6H2,(H,14,16,17). The number of amides is 1. The molecule has 3 unspecified atom stereocenters. The number of pyridine rings is 1. The first kappa shape index (κ1) is 11.0. The number of nitrogens with zero attached hydrogens (tertiary/aromatic N) is 1. The van der Waals surface area contributed by atoms with Gasteiger partial charge in [0, 0.05) is 23.3 Å². The van der Waals surface area contributed by atoms with Crippen LogP contribution in [0.4, 0.5) is 5.82 Å². The number of anilines is 1. The summed E-state index contributed by atoms with van der Waals surface area (Å²) in [5.74, 6) is 0.666. The van der Waals surface area contributed by atoms with Crippen LogP contribution in [0.3, 0.4) is 0 Å². The third kappa shape index (κ3) is 2.15. The van der Waals surface area contributed by atoms with Crippen LogP contribution in [0.2, 0.25) is 5.02 Å². The first-order valence-corrected chi connectivity index (χ1v) is 6.28. The quantitative estimate of drug-likeness (QED) is 0.843. The Hall–Kier alpha value is -1.13. The Bertz CT molecular complexity index is 451. The fourth-order valence-electron chi connectivity index (χ4n) is 2.81. The molecule has 0 spiro atoms. The van der Waals surface area contributed by atoms with Crippen LogP contribution in [-0.2, 0) is 4.79 Å². The van der Waals surface area contributed by atoms with Crippen molar-refractivity contribution in [1.82, 2.24) is 10.3 Å². The molecule has 2 N–H and O–H groups in total. The Morgan fingerprint density at radius 1 is 1.53 bits per heavy atom. The van der Waals surface area contributed by atoms with Gasteiger partial charge in [0.05, 0.1) is 5.92 Å². The minimum atomic E-state index is 0.0551. The Morgan fingerprint density at radius 3 is 3.06 bits per heavy atom. The first-order valence-electron chi connectivity index (χ1n) is 5.91. The van der Waals surface area contributed by atoms with E-state index in [0.29, 0.717) is 22.9 Å². The van der Waals surface area contributed by atoms with Crippen LogP contribution in [0.1, 0.15) is 19.3 Å². The SMILES string of the molecule is O=C(Nc1cc(Cl)ccn1)C1CC2CCC1N2. The maximum absolute atomic E-state index is 12.1. The molecule has 0 saturated carbocycles. The van der Waals surface area contributed by atoms with E-state index in [2.05, 4.69) is 15.6 Å². The van der Waals surface area contributed by atoms with E-state index in [0.717, 1.165) is 12.8 Å². The maximum atomic E-state index is 12.1. The lowest BCUT2D eigenvalue weighted by molar-refractivity contribution is -0.120. The third-order valence-corrected chi connectivity index (χ3v) is 3.85. The highest BCUT2D eigenvalue weighted by molar-refractivity contribution is 6.30. The predicted molar refractivity (Wildman–Crippen MR) is 65.9 cm³/mol. The van der Waals surface area contributed by atoms with E-state index in [1.807, 2.05) is 0 Å². The number of carbonyl (C=O) groups excluding carboxylic acids is 1. The molecule has 3 rings (SSSR count). The van der Waals surface area contributed by atoms with Gasteiger partial charge in [-0.2, -0.15) is 0 Å². The van der Waals surface area contributed by atoms with Gasteiger partial charge >= 0.3 is 0 Å². The number of hydrogen-bond acceptors (Lipinski definition) is 3. The topological polar surface area (TPSA) is 54.0 Å². The number of rotatable bonds is 2. The van der Waals surface area contributed by atoms with E-state index in [1.54, 1.807) is 18.3 Å². The summed E-state index contributed by atoms with van der Waals surface area (Å²) >= 11 is 5.85. The molecule has 3 atom stereocenters. The van der Waals surface area contributed by atoms with Crippen molar-refractivity contribution in [2.24, 2.45) is 5.92 Å². The lowest BCUT2D eigenvalue weighted by Gasteiger charge is -2.18. The van der Waals surface area contributed by atoms with Crippen molar-refractivity contribution in [3.63, 3.8) is 0 Å². The maximum Gasteiger partial charge on any atom is 0.230 e. The average Bonchev–Trinajstić information content (AvgIpc) is 2.90. The minimum Gasteiger partial charge on any atom is -0.310 e. The van der Waals surface area contributed by atoms with Crippen molar-refractivity contribution in [3.8, 4) is 0 Å². The molecule has 5 heteroatoms. The highest BCUT2D eigenvalue weighted by atomic mass is 35.5. The largest absolute Gasteiger partial charge is 0.310 e. The van der Waals surface area contributed by atoms with Crippen molar-refractivity contribution in [2.45, 2.75) is 31.3 Å². The van der Waals surface area contributed by atoms with E-state index in [-0.39, 0.29) is 11.8 Å². The third-order valence-electron chi connectivity index (χ3n) is 3.61. The molecule has 3 heterocycles. The normalized spacial score (nSPS) is 30.5. The van der Waals surface area contributed by atoms with Gasteiger partial charge < -0.3 is 10.6 Å². The zero-order valence-corrected chi connectivity index (χ0v) is 10.1. The van der Waals surface area contributed by atoms with Gasteiger partial charge in [0.25, 0.3) is 0 Å². The molecule has 2 bridgehead atoms. The molecule has 2 aliphatic rings. The van der Waals surface area contributed by atoms with Crippen LogP contribution in [0, 0.1) is 5.92 Å². The number of hydrogen-bond donors (Lipinski definition) is 2. The second kappa shape index (κ2) is 4.27. The van der Waals surface area contributed by atoms with Crippen molar-refractivity contribution < 1.29 is 4.79 Å². The number of nitrogens with one attached hydrogen (secondary N) is 2. The Kier molecular flexibility index (Phi) is 2.76. The smallest absolute Gasteiger partial charge is 0.230 e. The van der Waals surface area contributed by atoms with E-state index in [9.17, 15) is 4.79 Å². The fraction of sp³-hybridized carbons (Fsp3) is 0.500. The summed E-state index contributed by atoms with van der Waals surface area (Å²) in [6.07, 6.45) is 4.84. The number of carbonyl (C=O) groups is 1. The van der Waals surface area contributed by atoms with Crippen molar-refractivity contribution in [1.29, 1.82) is 0 Å². The summed E-state index contributed by atoms with van der Waals surface area (Å²) in [6.45, 7) is 0. The second-order valence-electron chi connectivity index (χ2n) is 4.74. The molecule has 2 saturated heterocycles. The van der Waals surface area contributed by atoms with Gasteiger partial charge in [0.2, 0.25) is 5.91 Å². The molecular weight excluding hydrogens is 238 g/mol. The van der Waals surface area contributed by atoms with Crippen LogP contribution in [-0.4, -0.2) is 23.0 Å². The molecule has 90 valence electrons. The number of halogens is 1. The molecule has 17 heavy (non-hydrogen) atoms. The zero-order chi connectivity index (χ0) is 11.8. The van der Waals surface area contributed by atoms with Crippen LogP contribution in [0.15, 0.2) is 18.3 Å². The second-order valence-corrected chi connectivity index (χ2v) is 5.17. The minimum absolute atomic E-state index is 0.0551. The molecule has 0 aromatic carbocycles. The van der Waals surface area contributed by atoms with Gasteiger partial charge in [-0.25, -0.2) is 4.98 Å². The molecule has 1 aromatic rings. The molecule has 2 aliphatic heterocycles. The highest BCUT2D eigenvalue weighted by Crippen LogP contribution is 2.33. The van der Waals surface area contributed by atoms with Gasteiger partial charge in [0.15, 0.2) is 0 Å². The Morgan fingerprint density at radius 2 is 2.41 bits per heavy atom. The van der Waals surface area contributed by atoms with Gasteiger partial charge in [-0.1, -0.05) is 11.6 Å². The molecule has 2 fully saturated rings. The van der Waals surface area contributed by atoms with E-state index in [4.69, 9.17) is 11.6 Å². The van der Waals surface area contributed by atoms with E-state index < -0.39 is 0 Å². The van der Waals surface area contributed by atoms with E-state index in [1.165, 1.54) is 6.42 Å². The predicted octanol–water partition coefficient (Wildman–Crippen LogP) is 1.81. The van der Waals surface area contributed by atoms with E-state index >= 15 is 0 Å². The monoisotopic (exact) mass is 251 g/mol. The Labute approximate surface area is 105 Å². The van der Waals surface area contributed by atoms with Gasteiger partial charge in [-0.15, -0.1) is 0 Å². The molecular formula is C12H14ClN3O. The average molecular weight is 252 g/mol. The summed E-state index contributed by atoms with van der Waals surface area (Å²) in [5.41, 5.74) is 0. The highest BCUT2D eigenvalue weighted by Gasteiger charge is 2.42. The Balaban J connectivity index is 1.68. The summed E-state index contributed by atoms with van der Waals surface area (Å²) in [4.78, 5) is 16.2. The summed E-state index contributed by atoms with van der Waals surface area (Å²) < 4.78 is 0. The first-order chi connectivity index (χ1) is 8.22. The van der Waals surface area contributed by atoms with Gasteiger partial charge in [-0.05, 0) is 31.4 Å². The van der Waals surface area contributed by atoms with Crippen LogP contribution < -0.4 is 10.6 Å². The lowest BCUT2D eigenvalue weighted by atomic mass is 9.88. The van der Waals surface area contributed by atoms with Crippen LogP contribution >= 0.6 is 11.6 Å². The van der Waals surface area contributed by atoms with Gasteiger partial charge in [0.1, 0.15) is 5.82 Å². The molecule has 4 nitrogen and oxygen atoms in total. The number of fused-ring (bicyclic) bond motifs is 2. The summed E-state index contributed by atoms with van der Waals surface area (Å²) in [6, 6.07) is 4.23. The van der Waals surface area contributed by atoms with Crippen LogP contribution in [0.25, 0.3) is 0 Å². The molecule has 0 radical (unpaired) electrons. The van der Waals surface area contributed by atoms with Crippen molar-refractivity contribution >= 4 is 23.3 Å². The summed E-state index contributed by atoms with van der Waals surface area (Å²) in [7, 11) is 0. The summed E-state index contributed by atoms with van der Waals surface area (Å²) in [5, 5.41) is 6.87. The number of aromatic nitrogens is 1. The van der Waals surface area contributed by atoms with Crippen molar-refractivity contribution in [2.75, 3.05) is 5.32 Å². The molecule has 0 aliphatic carbocycles. The lowest BCUT2D eigenvalue weighted by Crippen LogP contribution is -2.33.